The van der Waals surface area contributed by atoms with Crippen molar-refractivity contribution in [2.75, 3.05) is 27.7 Å². The van der Waals surface area contributed by atoms with Gasteiger partial charge in [0.15, 0.2) is 0 Å². The Morgan fingerprint density at radius 3 is 1.31 bits per heavy atom. The minimum absolute atomic E-state index is 0.0480. The summed E-state index contributed by atoms with van der Waals surface area (Å²) in [4.78, 5) is 19.2. The fraction of sp³-hybridized carbons (Fsp3) is 0.931. The maximum atomic E-state index is 11.8. The van der Waals surface area contributed by atoms with Crippen LogP contribution in [-0.4, -0.2) is 52.4 Å². The zero-order valence-electron chi connectivity index (χ0n) is 23.9. The lowest BCUT2D eigenvalue weighted by Crippen LogP contribution is -2.49. The molecule has 0 aliphatic rings. The molecular formula is C29H61NO4P+. The van der Waals surface area contributed by atoms with Gasteiger partial charge in [0.25, 0.3) is 0 Å². The quantitative estimate of drug-likeness (QED) is 0.0491. The van der Waals surface area contributed by atoms with Gasteiger partial charge in [0.2, 0.25) is 5.34 Å². The van der Waals surface area contributed by atoms with Crippen molar-refractivity contribution in [1.82, 2.24) is 0 Å². The number of aliphatic hydroxyl groups is 1. The number of hydrogen-bond donors (Lipinski definition) is 3. The first-order valence-corrected chi connectivity index (χ1v) is 16.4. The maximum Gasteiger partial charge on any atom is 0.362 e. The minimum atomic E-state index is -4.56. The standard InChI is InChI=1S/C29H60NO4P/c1-5-6-7-8-9-10-11-12-13-14-15-16-17-18-19-20-21-22-23-24-25-26-27-29(31,35(32,33)34)28-30(2,3)4/h22-23,31H,5-21,24-28H2,1-4H3,(H-,32,33,34)/p+1/b23-22-. The van der Waals surface area contributed by atoms with Gasteiger partial charge < -0.3 is 19.4 Å². The molecule has 0 spiro atoms. The Labute approximate surface area is 218 Å². The molecule has 0 saturated carbocycles. The van der Waals surface area contributed by atoms with Gasteiger partial charge in [-0.2, -0.15) is 0 Å². The molecule has 35 heavy (non-hydrogen) atoms. The molecule has 0 fully saturated rings. The van der Waals surface area contributed by atoms with E-state index in [9.17, 15) is 19.5 Å². The highest BCUT2D eigenvalue weighted by molar-refractivity contribution is 7.53. The zero-order chi connectivity index (χ0) is 26.5. The predicted molar refractivity (Wildman–Crippen MR) is 152 cm³/mol. The van der Waals surface area contributed by atoms with E-state index in [4.69, 9.17) is 0 Å². The molecule has 1 atom stereocenters. The molecule has 0 heterocycles. The van der Waals surface area contributed by atoms with Crippen molar-refractivity contribution in [2.45, 2.75) is 147 Å². The fourth-order valence-corrected chi connectivity index (χ4v) is 5.85. The minimum Gasteiger partial charge on any atom is -0.373 e. The van der Waals surface area contributed by atoms with Crippen LogP contribution in [0.15, 0.2) is 12.2 Å². The van der Waals surface area contributed by atoms with E-state index < -0.39 is 12.9 Å². The molecule has 0 saturated heterocycles. The molecule has 5 nitrogen and oxygen atoms in total. The Bertz CT molecular complexity index is 555. The molecule has 1 unspecified atom stereocenters. The van der Waals surface area contributed by atoms with Gasteiger partial charge in [-0.05, 0) is 38.5 Å². The molecule has 0 bridgehead atoms. The molecule has 0 radical (unpaired) electrons. The van der Waals surface area contributed by atoms with E-state index in [-0.39, 0.29) is 13.0 Å². The Morgan fingerprint density at radius 1 is 0.629 bits per heavy atom. The Hall–Kier alpha value is -0.190. The lowest BCUT2D eigenvalue weighted by Gasteiger charge is -2.35. The summed E-state index contributed by atoms with van der Waals surface area (Å²) in [6, 6.07) is 0. The van der Waals surface area contributed by atoms with Gasteiger partial charge in [-0.25, -0.2) is 0 Å². The van der Waals surface area contributed by atoms with Crippen molar-refractivity contribution in [3.05, 3.63) is 12.2 Å². The SMILES string of the molecule is CCCCCCCCCCCCCCCCCC/C=C\CCCCC(O)(C[N+](C)(C)C)P(=O)(O)O. The normalized spacial score (nSPS) is 14.6. The van der Waals surface area contributed by atoms with Crippen LogP contribution in [0.4, 0.5) is 0 Å². The Morgan fingerprint density at radius 2 is 0.971 bits per heavy atom. The van der Waals surface area contributed by atoms with E-state index in [2.05, 4.69) is 19.1 Å². The van der Waals surface area contributed by atoms with Gasteiger partial charge in [0, 0.05) is 0 Å². The van der Waals surface area contributed by atoms with E-state index in [0.29, 0.717) is 10.9 Å². The summed E-state index contributed by atoms with van der Waals surface area (Å²) in [5.41, 5.74) is 0. The molecule has 0 rings (SSSR count). The van der Waals surface area contributed by atoms with Crippen LogP contribution in [0.5, 0.6) is 0 Å². The van der Waals surface area contributed by atoms with Crippen LogP contribution in [0.25, 0.3) is 0 Å². The molecule has 3 N–H and O–H groups in total. The first kappa shape index (κ1) is 34.8. The largest absolute Gasteiger partial charge is 0.373 e. The van der Waals surface area contributed by atoms with Crippen molar-refractivity contribution in [2.24, 2.45) is 0 Å². The van der Waals surface area contributed by atoms with Crippen LogP contribution < -0.4 is 0 Å². The van der Waals surface area contributed by atoms with Crippen LogP contribution >= 0.6 is 7.60 Å². The van der Waals surface area contributed by atoms with Crippen LogP contribution in [-0.2, 0) is 4.57 Å². The van der Waals surface area contributed by atoms with Crippen molar-refractivity contribution >= 4 is 7.60 Å². The topological polar surface area (TPSA) is 77.8 Å². The molecule has 0 aliphatic heterocycles. The molecule has 6 heteroatoms. The second-order valence-corrected chi connectivity index (χ2v) is 13.7. The van der Waals surface area contributed by atoms with Crippen molar-refractivity contribution in [3.8, 4) is 0 Å². The number of hydrogen-bond acceptors (Lipinski definition) is 2. The zero-order valence-corrected chi connectivity index (χ0v) is 24.7. The van der Waals surface area contributed by atoms with Gasteiger partial charge in [-0.3, -0.25) is 4.57 Å². The van der Waals surface area contributed by atoms with Crippen LogP contribution in [0.1, 0.15) is 142 Å². The summed E-state index contributed by atoms with van der Waals surface area (Å²) in [6.45, 7) is 2.33. The highest BCUT2D eigenvalue weighted by atomic mass is 31.2. The van der Waals surface area contributed by atoms with E-state index in [1.807, 2.05) is 21.1 Å². The van der Waals surface area contributed by atoms with Crippen molar-refractivity contribution in [3.63, 3.8) is 0 Å². The molecule has 0 aromatic heterocycles. The number of rotatable bonds is 25. The van der Waals surface area contributed by atoms with E-state index in [1.165, 1.54) is 103 Å². The van der Waals surface area contributed by atoms with Crippen molar-refractivity contribution in [1.29, 1.82) is 0 Å². The lowest BCUT2D eigenvalue weighted by atomic mass is 10.0. The van der Waals surface area contributed by atoms with Gasteiger partial charge in [0.1, 0.15) is 6.54 Å². The van der Waals surface area contributed by atoms with Crippen molar-refractivity contribution < 1.29 is 23.9 Å². The third-order valence-electron chi connectivity index (χ3n) is 6.86. The Kier molecular flexibility index (Phi) is 20.7. The summed E-state index contributed by atoms with van der Waals surface area (Å²) >= 11 is 0. The molecular weight excluding hydrogens is 457 g/mol. The first-order valence-electron chi connectivity index (χ1n) is 14.8. The third-order valence-corrected chi connectivity index (χ3v) is 8.31. The summed E-state index contributed by atoms with van der Waals surface area (Å²) in [5, 5.41) is 8.62. The molecule has 0 aliphatic carbocycles. The number of nitrogens with zero attached hydrogens (tertiary/aromatic N) is 1. The first-order chi connectivity index (χ1) is 16.5. The highest BCUT2D eigenvalue weighted by Crippen LogP contribution is 2.52. The number of allylic oxidation sites excluding steroid dienone is 2. The summed E-state index contributed by atoms with van der Waals surface area (Å²) in [7, 11) is 0.947. The van der Waals surface area contributed by atoms with Gasteiger partial charge in [-0.15, -0.1) is 0 Å². The summed E-state index contributed by atoms with van der Waals surface area (Å²) in [6.07, 6.45) is 30.3. The second-order valence-electron chi connectivity index (χ2n) is 11.8. The molecule has 0 aromatic rings. The molecule has 0 aromatic carbocycles. The summed E-state index contributed by atoms with van der Waals surface area (Å²) in [5.74, 6) is 0. The van der Waals surface area contributed by atoms with Gasteiger partial charge in [-0.1, -0.05) is 115 Å². The van der Waals surface area contributed by atoms with Crippen LogP contribution in [0, 0.1) is 0 Å². The maximum absolute atomic E-state index is 11.8. The lowest BCUT2D eigenvalue weighted by molar-refractivity contribution is -0.875. The van der Waals surface area contributed by atoms with Gasteiger partial charge in [0.05, 0.1) is 21.1 Å². The van der Waals surface area contributed by atoms with Crippen LogP contribution in [0.2, 0.25) is 0 Å². The highest BCUT2D eigenvalue weighted by Gasteiger charge is 2.48. The van der Waals surface area contributed by atoms with Crippen LogP contribution in [0.3, 0.4) is 0 Å². The number of quaternary nitrogens is 1. The average molecular weight is 519 g/mol. The number of likely N-dealkylation sites (N-methyl/N-ethyl adjacent to an activating group) is 1. The van der Waals surface area contributed by atoms with Gasteiger partial charge >= 0.3 is 7.60 Å². The predicted octanol–water partition coefficient (Wildman–Crippen LogP) is 8.33. The van der Waals surface area contributed by atoms with E-state index >= 15 is 0 Å². The smallest absolute Gasteiger partial charge is 0.362 e. The number of unbranched alkanes of at least 4 members (excludes halogenated alkanes) is 18. The summed E-state index contributed by atoms with van der Waals surface area (Å²) < 4.78 is 12.1. The third kappa shape index (κ3) is 21.6. The van der Waals surface area contributed by atoms with E-state index in [1.54, 1.807) is 0 Å². The molecule has 0 amide bonds. The average Bonchev–Trinajstić information content (AvgIpc) is 2.75. The fourth-order valence-electron chi connectivity index (χ4n) is 4.79. The van der Waals surface area contributed by atoms with E-state index in [0.717, 1.165) is 19.3 Å². The monoisotopic (exact) mass is 518 g/mol. The second kappa shape index (κ2) is 20.8. The molecule has 210 valence electrons. The Balaban J connectivity index is 3.53.